The van der Waals surface area contributed by atoms with Crippen LogP contribution in [0.3, 0.4) is 0 Å². The quantitative estimate of drug-likeness (QED) is 0.434. The van der Waals surface area contributed by atoms with E-state index in [1.54, 1.807) is 24.3 Å². The standard InChI is InChI=1S/C9H7ClO2/c10-8-3-1-7(2-4-8)9(12)5-6-11/h1-6,11H/b6-5-. The molecule has 1 aromatic rings. The Kier molecular flexibility index (Phi) is 2.88. The first-order chi connectivity index (χ1) is 5.74. The molecule has 62 valence electrons. The van der Waals surface area contributed by atoms with Crippen molar-refractivity contribution in [3.05, 3.63) is 47.2 Å². The van der Waals surface area contributed by atoms with Crippen LogP contribution in [0.2, 0.25) is 5.02 Å². The van der Waals surface area contributed by atoms with Crippen molar-refractivity contribution in [3.8, 4) is 0 Å². The molecule has 0 spiro atoms. The largest absolute Gasteiger partial charge is 0.515 e. The smallest absolute Gasteiger partial charge is 0.188 e. The van der Waals surface area contributed by atoms with Gasteiger partial charge in [-0.2, -0.15) is 0 Å². The zero-order chi connectivity index (χ0) is 8.97. The van der Waals surface area contributed by atoms with Gasteiger partial charge in [0.05, 0.1) is 6.26 Å². The van der Waals surface area contributed by atoms with Gasteiger partial charge in [-0.15, -0.1) is 0 Å². The highest BCUT2D eigenvalue weighted by molar-refractivity contribution is 6.30. The molecule has 0 aliphatic carbocycles. The summed E-state index contributed by atoms with van der Waals surface area (Å²) in [6.45, 7) is 0. The summed E-state index contributed by atoms with van der Waals surface area (Å²) in [4.78, 5) is 11.1. The number of aliphatic hydroxyl groups is 1. The van der Waals surface area contributed by atoms with Gasteiger partial charge in [0.25, 0.3) is 0 Å². The monoisotopic (exact) mass is 182 g/mol. The maximum absolute atomic E-state index is 11.1. The summed E-state index contributed by atoms with van der Waals surface area (Å²) in [7, 11) is 0. The third-order valence-electron chi connectivity index (χ3n) is 1.35. The van der Waals surface area contributed by atoms with Crippen molar-refractivity contribution in [2.24, 2.45) is 0 Å². The molecule has 0 amide bonds. The second-order valence-electron chi connectivity index (χ2n) is 2.19. The summed E-state index contributed by atoms with van der Waals surface area (Å²) in [6, 6.07) is 6.45. The normalized spacial score (nSPS) is 10.4. The fraction of sp³-hybridized carbons (Fsp3) is 0. The Morgan fingerprint density at radius 3 is 2.42 bits per heavy atom. The summed E-state index contributed by atoms with van der Waals surface area (Å²) in [5, 5.41) is 8.91. The molecule has 0 aliphatic heterocycles. The molecule has 0 aromatic heterocycles. The molecule has 1 aromatic carbocycles. The van der Waals surface area contributed by atoms with Gasteiger partial charge in [0.15, 0.2) is 5.78 Å². The molecular formula is C9H7ClO2. The summed E-state index contributed by atoms with van der Waals surface area (Å²) >= 11 is 5.61. The maximum atomic E-state index is 11.1. The molecule has 0 saturated carbocycles. The Morgan fingerprint density at radius 1 is 1.33 bits per heavy atom. The van der Waals surface area contributed by atoms with E-state index in [9.17, 15) is 4.79 Å². The predicted molar refractivity (Wildman–Crippen MR) is 47.6 cm³/mol. The van der Waals surface area contributed by atoms with Gasteiger partial charge >= 0.3 is 0 Å². The molecular weight excluding hydrogens is 176 g/mol. The van der Waals surface area contributed by atoms with E-state index in [1.165, 1.54) is 0 Å². The van der Waals surface area contributed by atoms with Crippen molar-refractivity contribution < 1.29 is 9.90 Å². The van der Waals surface area contributed by atoms with E-state index in [4.69, 9.17) is 16.7 Å². The van der Waals surface area contributed by atoms with Gasteiger partial charge in [-0.1, -0.05) is 11.6 Å². The van der Waals surface area contributed by atoms with E-state index in [-0.39, 0.29) is 5.78 Å². The van der Waals surface area contributed by atoms with Crippen LogP contribution in [0.25, 0.3) is 0 Å². The number of benzene rings is 1. The fourth-order valence-corrected chi connectivity index (χ4v) is 0.904. The average Bonchev–Trinajstić information content (AvgIpc) is 2.06. The van der Waals surface area contributed by atoms with E-state index in [2.05, 4.69) is 0 Å². The molecule has 3 heteroatoms. The van der Waals surface area contributed by atoms with E-state index in [0.717, 1.165) is 12.3 Å². The number of allylic oxidation sites excluding steroid dienone is 1. The number of rotatable bonds is 2. The molecule has 0 fully saturated rings. The molecule has 1 rings (SSSR count). The van der Waals surface area contributed by atoms with Crippen LogP contribution in [0.1, 0.15) is 10.4 Å². The Hall–Kier alpha value is -1.28. The Balaban J connectivity index is 2.90. The van der Waals surface area contributed by atoms with Crippen molar-refractivity contribution in [2.75, 3.05) is 0 Å². The topological polar surface area (TPSA) is 37.3 Å². The first-order valence-electron chi connectivity index (χ1n) is 3.34. The van der Waals surface area contributed by atoms with Crippen molar-refractivity contribution in [1.29, 1.82) is 0 Å². The SMILES string of the molecule is O=C(/C=C\O)c1ccc(Cl)cc1. The number of carbonyl (C=O) groups excluding carboxylic acids is 1. The number of ketones is 1. The summed E-state index contributed by atoms with van der Waals surface area (Å²) in [5.41, 5.74) is 0.504. The lowest BCUT2D eigenvalue weighted by Crippen LogP contribution is -1.92. The van der Waals surface area contributed by atoms with Gasteiger partial charge in [0, 0.05) is 16.7 Å². The van der Waals surface area contributed by atoms with Gasteiger partial charge in [-0.25, -0.2) is 0 Å². The van der Waals surface area contributed by atoms with E-state index < -0.39 is 0 Å². The van der Waals surface area contributed by atoms with E-state index >= 15 is 0 Å². The minimum atomic E-state index is -0.242. The second kappa shape index (κ2) is 3.93. The number of hydrogen-bond acceptors (Lipinski definition) is 2. The minimum Gasteiger partial charge on any atom is -0.515 e. The Labute approximate surface area is 75.1 Å². The van der Waals surface area contributed by atoms with Crippen LogP contribution in [0.15, 0.2) is 36.6 Å². The van der Waals surface area contributed by atoms with Crippen LogP contribution in [0.4, 0.5) is 0 Å². The summed E-state index contributed by atoms with van der Waals surface area (Å²) in [6.07, 6.45) is 1.81. The van der Waals surface area contributed by atoms with Crippen LogP contribution < -0.4 is 0 Å². The van der Waals surface area contributed by atoms with Gasteiger partial charge in [-0.3, -0.25) is 4.79 Å². The van der Waals surface area contributed by atoms with Gasteiger partial charge in [-0.05, 0) is 24.3 Å². The van der Waals surface area contributed by atoms with Crippen LogP contribution in [0, 0.1) is 0 Å². The van der Waals surface area contributed by atoms with Crippen LogP contribution in [0.5, 0.6) is 0 Å². The molecule has 0 heterocycles. The van der Waals surface area contributed by atoms with Crippen LogP contribution >= 0.6 is 11.6 Å². The zero-order valence-corrected chi connectivity index (χ0v) is 6.95. The van der Waals surface area contributed by atoms with Gasteiger partial charge in [0.1, 0.15) is 0 Å². The minimum absolute atomic E-state index is 0.242. The van der Waals surface area contributed by atoms with Crippen molar-refractivity contribution in [1.82, 2.24) is 0 Å². The molecule has 0 unspecified atom stereocenters. The molecule has 0 saturated heterocycles. The zero-order valence-electron chi connectivity index (χ0n) is 6.20. The first-order valence-corrected chi connectivity index (χ1v) is 3.72. The van der Waals surface area contributed by atoms with Crippen LogP contribution in [-0.2, 0) is 0 Å². The maximum Gasteiger partial charge on any atom is 0.188 e. The molecule has 2 nitrogen and oxygen atoms in total. The summed E-state index contributed by atoms with van der Waals surface area (Å²) < 4.78 is 0. The number of aliphatic hydroxyl groups excluding tert-OH is 1. The van der Waals surface area contributed by atoms with Crippen molar-refractivity contribution in [3.63, 3.8) is 0 Å². The number of carbonyl (C=O) groups is 1. The third-order valence-corrected chi connectivity index (χ3v) is 1.61. The molecule has 0 bridgehead atoms. The highest BCUT2D eigenvalue weighted by atomic mass is 35.5. The predicted octanol–water partition coefficient (Wildman–Crippen LogP) is 2.59. The lowest BCUT2D eigenvalue weighted by Gasteiger charge is -1.93. The van der Waals surface area contributed by atoms with Gasteiger partial charge < -0.3 is 5.11 Å². The Bertz CT molecular complexity index is 301. The molecule has 12 heavy (non-hydrogen) atoms. The van der Waals surface area contributed by atoms with Gasteiger partial charge in [0.2, 0.25) is 0 Å². The van der Waals surface area contributed by atoms with Crippen LogP contribution in [-0.4, -0.2) is 10.9 Å². The second-order valence-corrected chi connectivity index (χ2v) is 2.62. The summed E-state index contributed by atoms with van der Waals surface area (Å²) in [5.74, 6) is -0.242. The van der Waals surface area contributed by atoms with E-state index in [1.807, 2.05) is 0 Å². The number of halogens is 1. The lowest BCUT2D eigenvalue weighted by atomic mass is 10.1. The molecule has 0 atom stereocenters. The molecule has 0 aliphatic rings. The Morgan fingerprint density at radius 2 is 1.92 bits per heavy atom. The lowest BCUT2D eigenvalue weighted by molar-refractivity contribution is 0.104. The highest BCUT2D eigenvalue weighted by Crippen LogP contribution is 2.09. The average molecular weight is 183 g/mol. The molecule has 1 N–H and O–H groups in total. The molecule has 0 radical (unpaired) electrons. The highest BCUT2D eigenvalue weighted by Gasteiger charge is 1.99. The first kappa shape index (κ1) is 8.81. The van der Waals surface area contributed by atoms with Crippen molar-refractivity contribution in [2.45, 2.75) is 0 Å². The number of hydrogen-bond donors (Lipinski definition) is 1. The van der Waals surface area contributed by atoms with E-state index in [0.29, 0.717) is 10.6 Å². The fourth-order valence-electron chi connectivity index (χ4n) is 0.778. The van der Waals surface area contributed by atoms with Crippen molar-refractivity contribution >= 4 is 17.4 Å². The third kappa shape index (κ3) is 2.10.